The van der Waals surface area contributed by atoms with Crippen molar-refractivity contribution in [2.24, 2.45) is 0 Å². The molecule has 0 N–H and O–H groups in total. The predicted molar refractivity (Wildman–Crippen MR) is 55.6 cm³/mol. The largest absolute Gasteiger partial charge is 0.318 e. The van der Waals surface area contributed by atoms with E-state index in [9.17, 15) is 9.59 Å². The maximum absolute atomic E-state index is 11.5. The summed E-state index contributed by atoms with van der Waals surface area (Å²) in [6.07, 6.45) is 0. The molecule has 0 bridgehead atoms. The van der Waals surface area contributed by atoms with Crippen LogP contribution in [0.1, 0.15) is 10.4 Å². The molecule has 0 aromatic heterocycles. The average Bonchev–Trinajstić information content (AvgIpc) is 2.27. The van der Waals surface area contributed by atoms with Crippen molar-refractivity contribution in [3.63, 3.8) is 0 Å². The highest BCUT2D eigenvalue weighted by atomic mass is 35.5. The average molecular weight is 228 g/mol. The van der Waals surface area contributed by atoms with E-state index in [1.807, 2.05) is 0 Å². The first kappa shape index (κ1) is 11.7. The van der Waals surface area contributed by atoms with Crippen LogP contribution in [0.15, 0.2) is 24.3 Å². The Labute approximate surface area is 92.3 Å². The fourth-order valence-electron chi connectivity index (χ4n) is 0.951. The third-order valence-electron chi connectivity index (χ3n) is 1.86. The molecule has 80 valence electrons. The monoisotopic (exact) mass is 227 g/mol. The number of hydrogen-bond acceptors (Lipinski definition) is 3. The lowest BCUT2D eigenvalue weighted by Gasteiger charge is -2.12. The number of hydroxylamine groups is 2. The van der Waals surface area contributed by atoms with Crippen LogP contribution in [0.4, 0.5) is 0 Å². The lowest BCUT2D eigenvalue weighted by atomic mass is 10.1. The molecule has 0 fully saturated rings. The van der Waals surface area contributed by atoms with Crippen molar-refractivity contribution in [2.45, 2.75) is 0 Å². The second kappa shape index (κ2) is 4.91. The first-order valence-corrected chi connectivity index (χ1v) is 4.56. The summed E-state index contributed by atoms with van der Waals surface area (Å²) in [5, 5.41) is 1.39. The molecule has 1 aromatic rings. The molecule has 0 radical (unpaired) electrons. The van der Waals surface area contributed by atoms with E-state index in [4.69, 9.17) is 11.6 Å². The van der Waals surface area contributed by atoms with E-state index in [2.05, 4.69) is 4.84 Å². The van der Waals surface area contributed by atoms with E-state index in [1.54, 1.807) is 12.1 Å². The molecule has 1 rings (SSSR count). The van der Waals surface area contributed by atoms with E-state index in [0.717, 1.165) is 5.06 Å². The summed E-state index contributed by atoms with van der Waals surface area (Å²) in [4.78, 5) is 27.5. The first-order valence-electron chi connectivity index (χ1n) is 4.18. The van der Waals surface area contributed by atoms with Gasteiger partial charge in [0.15, 0.2) is 0 Å². The van der Waals surface area contributed by atoms with Gasteiger partial charge in [-0.05, 0) is 24.3 Å². The van der Waals surface area contributed by atoms with Crippen molar-refractivity contribution in [1.29, 1.82) is 0 Å². The summed E-state index contributed by atoms with van der Waals surface area (Å²) in [6.45, 7) is 0. The Morgan fingerprint density at radius 2 is 1.80 bits per heavy atom. The van der Waals surface area contributed by atoms with Gasteiger partial charge >= 0.3 is 5.91 Å². The molecular formula is C10H10ClNO3. The van der Waals surface area contributed by atoms with Gasteiger partial charge in [0.1, 0.15) is 0 Å². The van der Waals surface area contributed by atoms with E-state index in [0.29, 0.717) is 5.02 Å². The molecule has 0 aliphatic carbocycles. The Kier molecular flexibility index (Phi) is 3.82. The fraction of sp³-hybridized carbons (Fsp3) is 0.200. The zero-order valence-electron chi connectivity index (χ0n) is 8.36. The van der Waals surface area contributed by atoms with Crippen LogP contribution in [-0.4, -0.2) is 30.9 Å². The van der Waals surface area contributed by atoms with Crippen molar-refractivity contribution >= 4 is 23.3 Å². The number of nitrogens with zero attached hydrogens (tertiary/aromatic N) is 1. The molecule has 0 spiro atoms. The third kappa shape index (κ3) is 2.78. The number of ketones is 1. The molecule has 0 aliphatic rings. The Balaban J connectivity index is 2.85. The molecule has 0 unspecified atom stereocenters. The highest BCUT2D eigenvalue weighted by molar-refractivity contribution is 6.42. The molecule has 0 aliphatic heterocycles. The second-order valence-electron chi connectivity index (χ2n) is 2.82. The van der Waals surface area contributed by atoms with Gasteiger partial charge in [0.2, 0.25) is 0 Å². The molecule has 0 saturated carbocycles. The quantitative estimate of drug-likeness (QED) is 0.447. The number of carbonyl (C=O) groups excluding carboxylic acids is 2. The molecule has 0 saturated heterocycles. The van der Waals surface area contributed by atoms with Crippen LogP contribution in [0.3, 0.4) is 0 Å². The highest BCUT2D eigenvalue weighted by Gasteiger charge is 2.20. The summed E-state index contributed by atoms with van der Waals surface area (Å²) in [7, 11) is 2.68. The summed E-state index contributed by atoms with van der Waals surface area (Å²) in [5.41, 5.74) is 0.285. The van der Waals surface area contributed by atoms with Gasteiger partial charge in [-0.25, -0.2) is 5.06 Å². The van der Waals surface area contributed by atoms with Crippen molar-refractivity contribution in [3.05, 3.63) is 34.9 Å². The molecular weight excluding hydrogens is 218 g/mol. The topological polar surface area (TPSA) is 46.6 Å². The lowest BCUT2D eigenvalue weighted by molar-refractivity contribution is -0.162. The molecule has 0 atom stereocenters. The highest BCUT2D eigenvalue weighted by Crippen LogP contribution is 2.10. The number of amides is 1. The van der Waals surface area contributed by atoms with Gasteiger partial charge in [-0.1, -0.05) is 11.6 Å². The van der Waals surface area contributed by atoms with Crippen molar-refractivity contribution in [2.75, 3.05) is 14.2 Å². The summed E-state index contributed by atoms with van der Waals surface area (Å²) < 4.78 is 0. The Morgan fingerprint density at radius 3 is 2.27 bits per heavy atom. The van der Waals surface area contributed by atoms with Crippen LogP contribution < -0.4 is 0 Å². The normalized spacial score (nSPS) is 9.80. The minimum atomic E-state index is -0.722. The Bertz CT molecular complexity index is 375. The maximum Gasteiger partial charge on any atom is 0.318 e. The van der Waals surface area contributed by atoms with Gasteiger partial charge < -0.3 is 0 Å². The molecule has 4 nitrogen and oxygen atoms in total. The van der Waals surface area contributed by atoms with Gasteiger partial charge in [0.05, 0.1) is 7.11 Å². The number of carbonyl (C=O) groups is 2. The molecule has 1 aromatic carbocycles. The van der Waals surface area contributed by atoms with Crippen molar-refractivity contribution in [1.82, 2.24) is 5.06 Å². The van der Waals surface area contributed by atoms with Gasteiger partial charge in [-0.15, -0.1) is 0 Å². The number of rotatable bonds is 3. The number of likely N-dealkylation sites (N-methyl/N-ethyl adjacent to an activating group) is 1. The van der Waals surface area contributed by atoms with E-state index in [1.165, 1.54) is 26.3 Å². The van der Waals surface area contributed by atoms with Crippen LogP contribution >= 0.6 is 11.6 Å². The van der Waals surface area contributed by atoms with Crippen LogP contribution in [0.25, 0.3) is 0 Å². The zero-order valence-corrected chi connectivity index (χ0v) is 9.12. The zero-order chi connectivity index (χ0) is 11.4. The molecule has 5 heteroatoms. The first-order chi connectivity index (χ1) is 7.06. The molecule has 1 amide bonds. The summed E-state index contributed by atoms with van der Waals surface area (Å²) in [5.74, 6) is -1.35. The molecule has 0 heterocycles. The van der Waals surface area contributed by atoms with Crippen LogP contribution in [0, 0.1) is 0 Å². The van der Waals surface area contributed by atoms with Crippen molar-refractivity contribution in [3.8, 4) is 0 Å². The van der Waals surface area contributed by atoms with Gasteiger partial charge in [0.25, 0.3) is 5.78 Å². The van der Waals surface area contributed by atoms with E-state index >= 15 is 0 Å². The minimum absolute atomic E-state index is 0.285. The number of benzene rings is 1. The van der Waals surface area contributed by atoms with Crippen LogP contribution in [0.2, 0.25) is 5.02 Å². The van der Waals surface area contributed by atoms with Crippen LogP contribution in [0.5, 0.6) is 0 Å². The van der Waals surface area contributed by atoms with E-state index < -0.39 is 11.7 Å². The standard InChI is InChI=1S/C10H10ClNO3/c1-12(15-2)10(14)9(13)7-3-5-8(11)6-4-7/h3-6H,1-2H3. The van der Waals surface area contributed by atoms with Crippen molar-refractivity contribution < 1.29 is 14.4 Å². The lowest BCUT2D eigenvalue weighted by Crippen LogP contribution is -2.32. The number of Topliss-reactive ketones (excluding diaryl/α,β-unsaturated/α-hetero) is 1. The van der Waals surface area contributed by atoms with Gasteiger partial charge in [0, 0.05) is 17.6 Å². The van der Waals surface area contributed by atoms with Crippen LogP contribution in [-0.2, 0) is 9.63 Å². The predicted octanol–water partition coefficient (Wildman–Crippen LogP) is 1.54. The SMILES string of the molecule is CON(C)C(=O)C(=O)c1ccc(Cl)cc1. The number of halogens is 1. The summed E-state index contributed by atoms with van der Waals surface area (Å²) in [6, 6.07) is 6.09. The smallest absolute Gasteiger partial charge is 0.283 e. The van der Waals surface area contributed by atoms with Gasteiger partial charge in [-0.2, -0.15) is 0 Å². The van der Waals surface area contributed by atoms with E-state index in [-0.39, 0.29) is 5.56 Å². The second-order valence-corrected chi connectivity index (χ2v) is 3.26. The van der Waals surface area contributed by atoms with Gasteiger partial charge in [-0.3, -0.25) is 14.4 Å². The summed E-state index contributed by atoms with van der Waals surface area (Å²) >= 11 is 5.65. The molecule has 15 heavy (non-hydrogen) atoms. The fourth-order valence-corrected chi connectivity index (χ4v) is 1.08. The maximum atomic E-state index is 11.5. The minimum Gasteiger partial charge on any atom is -0.283 e. The Hall–Kier alpha value is -1.39. The Morgan fingerprint density at radius 1 is 1.27 bits per heavy atom. The number of hydrogen-bond donors (Lipinski definition) is 0. The third-order valence-corrected chi connectivity index (χ3v) is 2.11.